The van der Waals surface area contributed by atoms with Gasteiger partial charge in [0.25, 0.3) is 0 Å². The van der Waals surface area contributed by atoms with E-state index in [9.17, 15) is 24.3 Å². The highest BCUT2D eigenvalue weighted by atomic mass is 16.6. The van der Waals surface area contributed by atoms with Gasteiger partial charge < -0.3 is 30.1 Å². The Bertz CT molecular complexity index is 1370. The summed E-state index contributed by atoms with van der Waals surface area (Å²) in [6.07, 6.45) is 6.90. The Kier molecular flexibility index (Phi) is 11.8. The summed E-state index contributed by atoms with van der Waals surface area (Å²) in [6.45, 7) is 9.54. The fourth-order valence-corrected chi connectivity index (χ4v) is 4.86. The summed E-state index contributed by atoms with van der Waals surface area (Å²) in [5.74, 6) is 0.642. The zero-order valence-electron chi connectivity index (χ0n) is 27.0. The number of alkyl carbamates (subject to hydrolysis) is 1. The monoisotopic (exact) mass is 619 g/mol. The molecule has 0 saturated heterocycles. The minimum absolute atomic E-state index is 0.154. The molecule has 3 amide bonds. The second kappa shape index (κ2) is 15.1. The molecule has 0 aromatic heterocycles. The van der Waals surface area contributed by atoms with Crippen LogP contribution in [0.2, 0.25) is 0 Å². The molecule has 1 aliphatic carbocycles. The first-order valence-electron chi connectivity index (χ1n) is 15.2. The van der Waals surface area contributed by atoms with Crippen molar-refractivity contribution >= 4 is 23.9 Å². The van der Waals surface area contributed by atoms with Gasteiger partial charge in [0.2, 0.25) is 11.8 Å². The number of terminal acetylenes is 1. The average molecular weight is 620 g/mol. The van der Waals surface area contributed by atoms with Crippen molar-refractivity contribution in [1.82, 2.24) is 15.5 Å². The Morgan fingerprint density at radius 2 is 1.51 bits per heavy atom. The van der Waals surface area contributed by atoms with Crippen molar-refractivity contribution in [3.05, 3.63) is 71.3 Å². The van der Waals surface area contributed by atoms with Crippen molar-refractivity contribution in [3.63, 3.8) is 0 Å². The SMILES string of the molecule is C#Cc1ccc(C(C(=O)NC(Cc2ccccc2)C(=O)OC(C)(C)C)N(C(=O)C(CO)NC(=O)OC(C)(C)C)C2CCC2)cc1. The Balaban J connectivity index is 2.04. The van der Waals surface area contributed by atoms with Crippen molar-refractivity contribution in [2.45, 2.75) is 103 Å². The number of amides is 3. The van der Waals surface area contributed by atoms with E-state index in [1.165, 1.54) is 4.90 Å². The van der Waals surface area contributed by atoms with Crippen molar-refractivity contribution in [1.29, 1.82) is 0 Å². The fraction of sp³-hybridized carbons (Fsp3) is 0.486. The maximum Gasteiger partial charge on any atom is 0.408 e. The number of nitrogens with zero attached hydrogens (tertiary/aromatic N) is 1. The van der Waals surface area contributed by atoms with Crippen LogP contribution in [0.4, 0.5) is 4.79 Å². The van der Waals surface area contributed by atoms with Gasteiger partial charge in [0.05, 0.1) is 6.61 Å². The molecule has 3 N–H and O–H groups in total. The summed E-state index contributed by atoms with van der Waals surface area (Å²) in [6, 6.07) is 11.8. The van der Waals surface area contributed by atoms with Crippen LogP contribution in [0.15, 0.2) is 54.6 Å². The first-order chi connectivity index (χ1) is 21.1. The topological polar surface area (TPSA) is 134 Å². The number of aliphatic hydroxyl groups is 1. The number of rotatable bonds is 11. The van der Waals surface area contributed by atoms with Crippen molar-refractivity contribution in [2.24, 2.45) is 0 Å². The lowest BCUT2D eigenvalue weighted by molar-refractivity contribution is -0.159. The van der Waals surface area contributed by atoms with Crippen LogP contribution in [0.25, 0.3) is 0 Å². The van der Waals surface area contributed by atoms with E-state index in [0.717, 1.165) is 12.0 Å². The number of hydrogen-bond donors (Lipinski definition) is 3. The highest BCUT2D eigenvalue weighted by molar-refractivity contribution is 5.94. The molecule has 1 fully saturated rings. The van der Waals surface area contributed by atoms with E-state index in [2.05, 4.69) is 16.6 Å². The number of nitrogens with one attached hydrogen (secondary N) is 2. The zero-order valence-corrected chi connectivity index (χ0v) is 27.0. The molecule has 1 aliphatic rings. The molecule has 242 valence electrons. The lowest BCUT2D eigenvalue weighted by Crippen LogP contribution is -2.59. The molecule has 10 heteroatoms. The average Bonchev–Trinajstić information content (AvgIpc) is 2.93. The molecule has 3 unspecified atom stereocenters. The van der Waals surface area contributed by atoms with Crippen molar-refractivity contribution in [2.75, 3.05) is 6.61 Å². The Morgan fingerprint density at radius 1 is 0.911 bits per heavy atom. The molecular formula is C35H45N3O7. The molecule has 3 rings (SSSR count). The van der Waals surface area contributed by atoms with E-state index in [1.54, 1.807) is 65.8 Å². The van der Waals surface area contributed by atoms with Gasteiger partial charge in [-0.15, -0.1) is 6.42 Å². The Labute approximate surface area is 265 Å². The molecule has 0 bridgehead atoms. The number of benzene rings is 2. The van der Waals surface area contributed by atoms with Gasteiger partial charge in [-0.3, -0.25) is 9.59 Å². The lowest BCUT2D eigenvalue weighted by Gasteiger charge is -2.43. The Morgan fingerprint density at radius 3 is 2.00 bits per heavy atom. The van der Waals surface area contributed by atoms with Crippen LogP contribution >= 0.6 is 0 Å². The highest BCUT2D eigenvalue weighted by Gasteiger charge is 2.43. The Hall–Kier alpha value is -4.36. The summed E-state index contributed by atoms with van der Waals surface area (Å²) >= 11 is 0. The summed E-state index contributed by atoms with van der Waals surface area (Å²) in [7, 11) is 0. The molecular weight excluding hydrogens is 574 g/mol. The third-order valence-corrected chi connectivity index (χ3v) is 7.10. The minimum Gasteiger partial charge on any atom is -0.458 e. The smallest absolute Gasteiger partial charge is 0.408 e. The van der Waals surface area contributed by atoms with Crippen LogP contribution in [0.1, 0.15) is 83.5 Å². The van der Waals surface area contributed by atoms with Crippen LogP contribution < -0.4 is 10.6 Å². The quantitative estimate of drug-likeness (QED) is 0.255. The largest absolute Gasteiger partial charge is 0.458 e. The van der Waals surface area contributed by atoms with E-state index < -0.39 is 59.8 Å². The van der Waals surface area contributed by atoms with Gasteiger partial charge >= 0.3 is 12.1 Å². The minimum atomic E-state index is -1.38. The first kappa shape index (κ1) is 35.1. The lowest BCUT2D eigenvalue weighted by atomic mass is 9.88. The van der Waals surface area contributed by atoms with Crippen LogP contribution in [-0.2, 0) is 30.3 Å². The van der Waals surface area contributed by atoms with E-state index in [1.807, 2.05) is 30.3 Å². The van der Waals surface area contributed by atoms with Gasteiger partial charge in [0.1, 0.15) is 29.3 Å². The number of carbonyl (C=O) groups excluding carboxylic acids is 4. The third kappa shape index (κ3) is 10.4. The summed E-state index contributed by atoms with van der Waals surface area (Å²) in [5, 5.41) is 15.5. The molecule has 0 heterocycles. The summed E-state index contributed by atoms with van der Waals surface area (Å²) in [4.78, 5) is 55.9. The van der Waals surface area contributed by atoms with Gasteiger partial charge in [-0.05, 0) is 84.1 Å². The first-order valence-corrected chi connectivity index (χ1v) is 15.2. The van der Waals surface area contributed by atoms with Gasteiger partial charge in [0, 0.05) is 18.0 Å². The number of esters is 1. The number of hydrogen-bond acceptors (Lipinski definition) is 7. The second-order valence-corrected chi connectivity index (χ2v) is 13.2. The number of carbonyl (C=O) groups is 4. The standard InChI is InChI=1S/C35H45N3O7/c1-8-23-17-19-25(20-18-23)29(30(40)36-27(32(42)44-34(2,3)4)21-24-13-10-9-11-14-24)38(26-15-12-16-26)31(41)28(22-39)37-33(43)45-35(5,6)7/h1,9-11,13-14,17-20,26-29,39H,12,15-16,21-22H2,2-7H3,(H,36,40)(H,37,43). The summed E-state index contributed by atoms with van der Waals surface area (Å²) in [5.41, 5.74) is 0.185. The van der Waals surface area contributed by atoms with E-state index in [0.29, 0.717) is 24.0 Å². The molecule has 2 aromatic rings. The van der Waals surface area contributed by atoms with Crippen LogP contribution in [0, 0.1) is 12.3 Å². The number of ether oxygens (including phenoxy) is 2. The molecule has 2 aromatic carbocycles. The third-order valence-electron chi connectivity index (χ3n) is 7.10. The predicted octanol–water partition coefficient (Wildman–Crippen LogP) is 4.04. The highest BCUT2D eigenvalue weighted by Crippen LogP contribution is 2.34. The zero-order chi connectivity index (χ0) is 33.4. The second-order valence-electron chi connectivity index (χ2n) is 13.2. The molecule has 0 aliphatic heterocycles. The molecule has 3 atom stereocenters. The molecule has 0 radical (unpaired) electrons. The predicted molar refractivity (Wildman–Crippen MR) is 170 cm³/mol. The molecule has 0 spiro atoms. The number of aliphatic hydroxyl groups excluding tert-OH is 1. The maximum atomic E-state index is 14.4. The van der Waals surface area contributed by atoms with E-state index in [-0.39, 0.29) is 12.5 Å². The van der Waals surface area contributed by atoms with Gasteiger partial charge in [-0.1, -0.05) is 48.4 Å². The van der Waals surface area contributed by atoms with Crippen molar-refractivity contribution in [3.8, 4) is 12.3 Å². The van der Waals surface area contributed by atoms with Crippen molar-refractivity contribution < 1.29 is 33.8 Å². The van der Waals surface area contributed by atoms with Crippen LogP contribution in [0.3, 0.4) is 0 Å². The molecule has 10 nitrogen and oxygen atoms in total. The van der Waals surface area contributed by atoms with Crippen LogP contribution in [-0.4, -0.2) is 69.8 Å². The normalized spacial score (nSPS) is 15.3. The van der Waals surface area contributed by atoms with Gasteiger partial charge in [-0.25, -0.2) is 9.59 Å². The fourth-order valence-electron chi connectivity index (χ4n) is 4.86. The molecule has 45 heavy (non-hydrogen) atoms. The summed E-state index contributed by atoms with van der Waals surface area (Å²) < 4.78 is 11.0. The van der Waals surface area contributed by atoms with E-state index in [4.69, 9.17) is 15.9 Å². The molecule has 1 saturated carbocycles. The van der Waals surface area contributed by atoms with E-state index >= 15 is 0 Å². The maximum absolute atomic E-state index is 14.4. The van der Waals surface area contributed by atoms with Gasteiger partial charge in [0.15, 0.2) is 0 Å². The van der Waals surface area contributed by atoms with Crippen LogP contribution in [0.5, 0.6) is 0 Å². The van der Waals surface area contributed by atoms with Gasteiger partial charge in [-0.2, -0.15) is 0 Å².